The van der Waals surface area contributed by atoms with Gasteiger partial charge in [0.1, 0.15) is 6.54 Å². The fraction of sp³-hybridized carbons (Fsp3) is 0.389. The molecule has 3 N–H and O–H groups in total. The Kier molecular flexibility index (Phi) is 6.42. The molecule has 9 nitrogen and oxygen atoms in total. The molecule has 150 valence electrons. The molecule has 0 spiro atoms. The van der Waals surface area contributed by atoms with Gasteiger partial charge in [-0.15, -0.1) is 0 Å². The molecular weight excluding hydrogens is 384 g/mol. The van der Waals surface area contributed by atoms with Gasteiger partial charge in [-0.3, -0.25) is 9.59 Å². The van der Waals surface area contributed by atoms with E-state index in [1.807, 2.05) is 13.8 Å². The Labute approximate surface area is 166 Å². The van der Waals surface area contributed by atoms with Gasteiger partial charge in [0.2, 0.25) is 18.6 Å². The van der Waals surface area contributed by atoms with Crippen molar-refractivity contribution in [2.75, 3.05) is 17.9 Å². The van der Waals surface area contributed by atoms with Crippen LogP contribution in [0.2, 0.25) is 0 Å². The summed E-state index contributed by atoms with van der Waals surface area (Å²) < 4.78 is 12.1. The van der Waals surface area contributed by atoms with Crippen molar-refractivity contribution in [3.63, 3.8) is 0 Å². The Morgan fingerprint density at radius 1 is 1.29 bits per heavy atom. The van der Waals surface area contributed by atoms with E-state index >= 15 is 0 Å². The summed E-state index contributed by atoms with van der Waals surface area (Å²) in [4.78, 5) is 28.5. The molecule has 1 aliphatic heterocycles. The highest BCUT2D eigenvalue weighted by Crippen LogP contribution is 2.34. The van der Waals surface area contributed by atoms with Crippen molar-refractivity contribution < 1.29 is 24.2 Å². The number of imidazole rings is 1. The first-order valence-corrected chi connectivity index (χ1v) is 9.71. The van der Waals surface area contributed by atoms with Crippen LogP contribution in [0.15, 0.2) is 29.6 Å². The summed E-state index contributed by atoms with van der Waals surface area (Å²) in [6.45, 7) is 3.69. The zero-order chi connectivity index (χ0) is 20.1. The molecule has 1 aromatic carbocycles. The quantitative estimate of drug-likeness (QED) is 0.567. The molecule has 1 aromatic heterocycles. The van der Waals surface area contributed by atoms with Crippen LogP contribution in [-0.2, 0) is 22.7 Å². The van der Waals surface area contributed by atoms with Crippen molar-refractivity contribution in [3.05, 3.63) is 30.1 Å². The molecule has 0 atom stereocenters. The number of thioether (sulfide) groups is 1. The average Bonchev–Trinajstić information content (AvgIpc) is 3.25. The number of anilines is 1. The largest absolute Gasteiger partial charge is 0.454 e. The summed E-state index contributed by atoms with van der Waals surface area (Å²) >= 11 is 1.19. The number of aliphatic hydroxyl groups excluding tert-OH is 1. The molecule has 0 unspecified atom stereocenters. The van der Waals surface area contributed by atoms with Crippen molar-refractivity contribution in [2.45, 2.75) is 38.2 Å². The molecule has 0 saturated carbocycles. The maximum absolute atomic E-state index is 12.3. The van der Waals surface area contributed by atoms with E-state index in [2.05, 4.69) is 15.6 Å². The number of rotatable bonds is 8. The number of hydrogen-bond donors (Lipinski definition) is 3. The number of ether oxygens (including phenoxy) is 2. The Balaban J connectivity index is 1.60. The minimum Gasteiger partial charge on any atom is -0.454 e. The van der Waals surface area contributed by atoms with E-state index in [9.17, 15) is 14.7 Å². The molecule has 0 saturated heterocycles. The number of hydrogen-bond acceptors (Lipinski definition) is 7. The Bertz CT molecular complexity index is 868. The summed E-state index contributed by atoms with van der Waals surface area (Å²) in [5.41, 5.74) is 1.11. The average molecular weight is 406 g/mol. The second-order valence-corrected chi connectivity index (χ2v) is 7.35. The third-order valence-electron chi connectivity index (χ3n) is 3.80. The van der Waals surface area contributed by atoms with Crippen LogP contribution in [0.5, 0.6) is 11.5 Å². The second-order valence-electron chi connectivity index (χ2n) is 6.40. The lowest BCUT2D eigenvalue weighted by Gasteiger charge is -2.13. The van der Waals surface area contributed by atoms with Crippen molar-refractivity contribution >= 4 is 29.3 Å². The van der Waals surface area contributed by atoms with Crippen LogP contribution in [0, 0.1) is 0 Å². The predicted octanol–water partition coefficient (Wildman–Crippen LogP) is 1.36. The van der Waals surface area contributed by atoms with Gasteiger partial charge in [-0.25, -0.2) is 4.98 Å². The minimum atomic E-state index is -0.244. The number of carbonyl (C=O) groups is 2. The van der Waals surface area contributed by atoms with E-state index < -0.39 is 0 Å². The SMILES string of the molecule is CC(C)NC(=O)Cn1c(CO)cnc1SCC(=O)Nc1ccc2c(c1)OCO2. The first-order chi connectivity index (χ1) is 13.5. The molecular formula is C18H22N4O5S. The molecule has 0 fully saturated rings. The first kappa shape index (κ1) is 20.0. The lowest BCUT2D eigenvalue weighted by Crippen LogP contribution is -2.33. The van der Waals surface area contributed by atoms with Crippen molar-refractivity contribution in [3.8, 4) is 11.5 Å². The maximum atomic E-state index is 12.3. The molecule has 2 aromatic rings. The predicted molar refractivity (Wildman–Crippen MR) is 103 cm³/mol. The summed E-state index contributed by atoms with van der Waals surface area (Å²) in [6, 6.07) is 5.18. The van der Waals surface area contributed by atoms with E-state index in [1.165, 1.54) is 18.0 Å². The molecule has 0 radical (unpaired) electrons. The zero-order valence-electron chi connectivity index (χ0n) is 15.6. The summed E-state index contributed by atoms with van der Waals surface area (Å²) in [5.74, 6) is 0.919. The summed E-state index contributed by atoms with van der Waals surface area (Å²) in [7, 11) is 0. The number of nitrogens with zero attached hydrogens (tertiary/aromatic N) is 2. The van der Waals surface area contributed by atoms with Crippen molar-refractivity contribution in [1.29, 1.82) is 0 Å². The number of aromatic nitrogens is 2. The van der Waals surface area contributed by atoms with E-state index in [0.29, 0.717) is 28.0 Å². The van der Waals surface area contributed by atoms with Gasteiger partial charge < -0.3 is 29.8 Å². The van der Waals surface area contributed by atoms with Crippen LogP contribution in [-0.4, -0.2) is 45.1 Å². The van der Waals surface area contributed by atoms with Gasteiger partial charge in [-0.05, 0) is 26.0 Å². The van der Waals surface area contributed by atoms with Crippen LogP contribution in [0.25, 0.3) is 0 Å². The number of fused-ring (bicyclic) bond motifs is 1. The first-order valence-electron chi connectivity index (χ1n) is 8.73. The highest BCUT2D eigenvalue weighted by molar-refractivity contribution is 7.99. The van der Waals surface area contributed by atoms with Gasteiger partial charge >= 0.3 is 0 Å². The minimum absolute atomic E-state index is 0.0113. The molecule has 0 aliphatic carbocycles. The van der Waals surface area contributed by atoms with E-state index in [1.54, 1.807) is 22.8 Å². The fourth-order valence-corrected chi connectivity index (χ4v) is 3.41. The monoisotopic (exact) mass is 406 g/mol. The van der Waals surface area contributed by atoms with Crippen LogP contribution >= 0.6 is 11.8 Å². The molecule has 2 amide bonds. The fourth-order valence-electron chi connectivity index (χ4n) is 2.62. The highest BCUT2D eigenvalue weighted by Gasteiger charge is 2.17. The number of carbonyl (C=O) groups excluding carboxylic acids is 2. The smallest absolute Gasteiger partial charge is 0.240 e. The third kappa shape index (κ3) is 4.96. The number of nitrogens with one attached hydrogen (secondary N) is 2. The van der Waals surface area contributed by atoms with Crippen molar-refractivity contribution in [1.82, 2.24) is 14.9 Å². The number of benzene rings is 1. The molecule has 2 heterocycles. The molecule has 28 heavy (non-hydrogen) atoms. The number of amides is 2. The highest BCUT2D eigenvalue weighted by atomic mass is 32.2. The van der Waals surface area contributed by atoms with Gasteiger partial charge in [-0.2, -0.15) is 0 Å². The van der Waals surface area contributed by atoms with Crippen LogP contribution in [0.1, 0.15) is 19.5 Å². The normalized spacial score (nSPS) is 12.3. The van der Waals surface area contributed by atoms with Gasteiger partial charge in [0.25, 0.3) is 0 Å². The Morgan fingerprint density at radius 3 is 2.82 bits per heavy atom. The number of aliphatic hydroxyl groups is 1. The second kappa shape index (κ2) is 8.98. The standard InChI is InChI=1S/C18H22N4O5S/c1-11(2)20-16(24)7-22-13(8-23)6-19-18(22)28-9-17(25)21-12-3-4-14-15(5-12)27-10-26-14/h3-6,11,23H,7-10H2,1-2H3,(H,20,24)(H,21,25). The zero-order valence-corrected chi connectivity index (χ0v) is 16.4. The van der Waals surface area contributed by atoms with Gasteiger partial charge in [0.05, 0.1) is 24.3 Å². The molecule has 0 bridgehead atoms. The van der Waals surface area contributed by atoms with Crippen LogP contribution in [0.4, 0.5) is 5.69 Å². The van der Waals surface area contributed by atoms with Gasteiger partial charge in [0.15, 0.2) is 16.7 Å². The van der Waals surface area contributed by atoms with Gasteiger partial charge in [-0.1, -0.05) is 11.8 Å². The maximum Gasteiger partial charge on any atom is 0.240 e. The molecule has 10 heteroatoms. The Morgan fingerprint density at radius 2 is 2.07 bits per heavy atom. The third-order valence-corrected chi connectivity index (χ3v) is 4.79. The van der Waals surface area contributed by atoms with Gasteiger partial charge in [0, 0.05) is 17.8 Å². The lowest BCUT2D eigenvalue weighted by molar-refractivity contribution is -0.122. The van der Waals surface area contributed by atoms with E-state index in [-0.39, 0.29) is 43.6 Å². The summed E-state index contributed by atoms with van der Waals surface area (Å²) in [5, 5.41) is 15.5. The van der Waals surface area contributed by atoms with E-state index in [0.717, 1.165) is 0 Å². The van der Waals surface area contributed by atoms with Crippen molar-refractivity contribution in [2.24, 2.45) is 0 Å². The lowest BCUT2D eigenvalue weighted by atomic mass is 10.3. The Hall–Kier alpha value is -2.72. The molecule has 1 aliphatic rings. The molecule has 3 rings (SSSR count). The topological polar surface area (TPSA) is 115 Å². The van der Waals surface area contributed by atoms with E-state index in [4.69, 9.17) is 9.47 Å². The van der Waals surface area contributed by atoms with Crippen LogP contribution < -0.4 is 20.1 Å². The summed E-state index contributed by atoms with van der Waals surface area (Å²) in [6.07, 6.45) is 1.50. The van der Waals surface area contributed by atoms with Crippen LogP contribution in [0.3, 0.4) is 0 Å².